The molecule has 0 saturated carbocycles. The Balaban J connectivity index is 1.63. The molecule has 2 aromatic rings. The van der Waals surface area contributed by atoms with E-state index in [-0.39, 0.29) is 18.2 Å². The average molecular weight is 530 g/mol. The number of aliphatic hydroxyl groups is 1. The highest BCUT2D eigenvalue weighted by molar-refractivity contribution is 5.67. The van der Waals surface area contributed by atoms with Crippen molar-refractivity contribution in [1.82, 2.24) is 4.90 Å². The summed E-state index contributed by atoms with van der Waals surface area (Å²) in [6, 6.07) is 13.7. The molecule has 2 aromatic carbocycles. The molecule has 1 fully saturated rings. The first-order valence-corrected chi connectivity index (χ1v) is 12.4. The van der Waals surface area contributed by atoms with E-state index in [9.17, 15) is 14.3 Å². The van der Waals surface area contributed by atoms with Crippen LogP contribution in [0.3, 0.4) is 0 Å². The zero-order valence-corrected chi connectivity index (χ0v) is 22.5. The molecule has 10 heteroatoms. The molecule has 1 aliphatic heterocycles. The van der Waals surface area contributed by atoms with Gasteiger partial charge in [-0.2, -0.15) is 5.26 Å². The Labute approximate surface area is 223 Å². The minimum atomic E-state index is -1.02. The van der Waals surface area contributed by atoms with Crippen molar-refractivity contribution in [3.05, 3.63) is 59.4 Å². The quantitative estimate of drug-likeness (QED) is 0.521. The number of rotatable bonds is 9. The van der Waals surface area contributed by atoms with Crippen LogP contribution in [0.5, 0.6) is 5.75 Å². The maximum atomic E-state index is 14.3. The van der Waals surface area contributed by atoms with Crippen molar-refractivity contribution in [3.63, 3.8) is 0 Å². The first-order valence-electron chi connectivity index (χ1n) is 12.4. The summed E-state index contributed by atoms with van der Waals surface area (Å²) < 4.78 is 36.3. The van der Waals surface area contributed by atoms with Crippen LogP contribution in [-0.4, -0.2) is 74.6 Å². The summed E-state index contributed by atoms with van der Waals surface area (Å²) in [5.41, 5.74) is 1.34. The first kappa shape index (κ1) is 29.2. The van der Waals surface area contributed by atoms with Gasteiger partial charge in [-0.1, -0.05) is 6.07 Å². The van der Waals surface area contributed by atoms with Crippen LogP contribution in [0.1, 0.15) is 31.9 Å². The lowest BCUT2D eigenvalue weighted by Gasteiger charge is -2.36. The highest BCUT2D eigenvalue weighted by atomic mass is 19.1. The first-order chi connectivity index (χ1) is 18.0. The molecule has 1 saturated heterocycles. The average Bonchev–Trinajstić information content (AvgIpc) is 2.88. The molecule has 0 bridgehead atoms. The summed E-state index contributed by atoms with van der Waals surface area (Å²) >= 11 is 0. The minimum absolute atomic E-state index is 0.0760. The lowest BCUT2D eigenvalue weighted by molar-refractivity contribution is -0.238. The molecule has 1 unspecified atom stereocenters. The molecule has 1 atom stereocenters. The zero-order chi connectivity index (χ0) is 27.9. The molecular weight excluding hydrogens is 493 g/mol. The van der Waals surface area contributed by atoms with Crippen LogP contribution in [0.4, 0.5) is 14.9 Å². The third-order valence-electron chi connectivity index (χ3n) is 5.90. The maximum absolute atomic E-state index is 14.3. The van der Waals surface area contributed by atoms with Gasteiger partial charge in [-0.3, -0.25) is 0 Å². The number of carbonyl (C=O) groups excluding carboxylic acids is 1. The van der Waals surface area contributed by atoms with Crippen molar-refractivity contribution in [2.45, 2.75) is 45.3 Å². The number of methoxy groups -OCH3 is 1. The highest BCUT2D eigenvalue weighted by Gasteiger charge is 2.31. The van der Waals surface area contributed by atoms with Crippen molar-refractivity contribution >= 4 is 11.8 Å². The van der Waals surface area contributed by atoms with E-state index in [0.29, 0.717) is 37.4 Å². The Bertz CT molecular complexity index is 1110. The maximum Gasteiger partial charge on any atom is 0.410 e. The van der Waals surface area contributed by atoms with Crippen LogP contribution >= 0.6 is 0 Å². The molecule has 0 aromatic heterocycles. The van der Waals surface area contributed by atoms with Crippen molar-refractivity contribution in [3.8, 4) is 11.8 Å². The number of ether oxygens (including phenoxy) is 4. The van der Waals surface area contributed by atoms with Crippen LogP contribution in [0.15, 0.2) is 42.5 Å². The summed E-state index contributed by atoms with van der Waals surface area (Å²) in [7, 11) is 3.06. The second-order valence-electron chi connectivity index (χ2n) is 10.3. The van der Waals surface area contributed by atoms with E-state index in [1.807, 2.05) is 25.7 Å². The molecule has 38 heavy (non-hydrogen) atoms. The fraction of sp³-hybridized carbons (Fsp3) is 0.500. The lowest BCUT2D eigenvalue weighted by Crippen LogP contribution is -2.48. The number of anilines is 1. The molecule has 9 nitrogen and oxygen atoms in total. The summed E-state index contributed by atoms with van der Waals surface area (Å²) in [5, 5.41) is 20.1. The van der Waals surface area contributed by atoms with Gasteiger partial charge >= 0.3 is 6.09 Å². The predicted molar refractivity (Wildman–Crippen MR) is 139 cm³/mol. The van der Waals surface area contributed by atoms with Crippen molar-refractivity contribution in [2.24, 2.45) is 5.92 Å². The van der Waals surface area contributed by atoms with Gasteiger partial charge in [-0.15, -0.1) is 0 Å². The molecule has 1 aliphatic rings. The number of nitrogens with zero attached hydrogens (tertiary/aromatic N) is 3. The highest BCUT2D eigenvalue weighted by Crippen LogP contribution is 2.24. The van der Waals surface area contributed by atoms with Crippen LogP contribution in [-0.2, 0) is 20.8 Å². The Morgan fingerprint density at radius 3 is 2.42 bits per heavy atom. The van der Waals surface area contributed by atoms with Gasteiger partial charge in [0.25, 0.3) is 0 Å². The van der Waals surface area contributed by atoms with Crippen LogP contribution in [0.2, 0.25) is 0 Å². The third-order valence-corrected chi connectivity index (χ3v) is 5.90. The summed E-state index contributed by atoms with van der Waals surface area (Å²) in [5.74, 6) is -0.408. The summed E-state index contributed by atoms with van der Waals surface area (Å²) in [6.45, 7) is 6.84. The van der Waals surface area contributed by atoms with Gasteiger partial charge < -0.3 is 33.9 Å². The fourth-order valence-electron chi connectivity index (χ4n) is 4.04. The molecule has 3 rings (SSSR count). The smallest absolute Gasteiger partial charge is 0.410 e. The van der Waals surface area contributed by atoms with E-state index >= 15 is 0 Å². The van der Waals surface area contributed by atoms with Gasteiger partial charge in [-0.05, 0) is 62.7 Å². The van der Waals surface area contributed by atoms with Crippen molar-refractivity contribution in [1.29, 1.82) is 5.26 Å². The Hall–Kier alpha value is -3.39. The standard InChI is InChI=1S/C28H36FN3O6/c1-28(2,3)38-27(34)31(4)14-21-17-36-26(37-18-21)24(33)16-32(22-9-6-19(13-30)7-10-22)15-20-8-11-25(35-5)23(29)12-20/h6-12,21,24,26,33H,14-18H2,1-5H3. The molecule has 1 N–H and O–H groups in total. The number of hydrogen-bond donors (Lipinski definition) is 1. The molecule has 1 amide bonds. The molecule has 0 radical (unpaired) electrons. The second-order valence-corrected chi connectivity index (χ2v) is 10.3. The van der Waals surface area contributed by atoms with Crippen LogP contribution in [0.25, 0.3) is 0 Å². The number of hydrogen-bond acceptors (Lipinski definition) is 8. The minimum Gasteiger partial charge on any atom is -0.494 e. The Morgan fingerprint density at radius 1 is 1.21 bits per heavy atom. The van der Waals surface area contributed by atoms with E-state index in [0.717, 1.165) is 5.69 Å². The van der Waals surface area contributed by atoms with Gasteiger partial charge in [0.1, 0.15) is 11.7 Å². The largest absolute Gasteiger partial charge is 0.494 e. The molecular formula is C28H36FN3O6. The van der Waals surface area contributed by atoms with E-state index in [1.54, 1.807) is 43.4 Å². The van der Waals surface area contributed by atoms with Gasteiger partial charge in [0.05, 0.1) is 32.0 Å². The van der Waals surface area contributed by atoms with Crippen molar-refractivity contribution in [2.75, 3.05) is 45.4 Å². The number of benzene rings is 2. The zero-order valence-electron chi connectivity index (χ0n) is 22.5. The van der Waals surface area contributed by atoms with Crippen LogP contribution < -0.4 is 9.64 Å². The second kappa shape index (κ2) is 12.9. The topological polar surface area (TPSA) is 104 Å². The van der Waals surface area contributed by atoms with E-state index in [4.69, 9.17) is 24.2 Å². The van der Waals surface area contributed by atoms with Gasteiger partial charge in [0.2, 0.25) is 0 Å². The normalized spacial score (nSPS) is 18.3. The van der Waals surface area contributed by atoms with Crippen LogP contribution in [0, 0.1) is 23.1 Å². The van der Waals surface area contributed by atoms with Gasteiger partial charge in [0.15, 0.2) is 17.9 Å². The van der Waals surface area contributed by atoms with Gasteiger partial charge in [-0.25, -0.2) is 9.18 Å². The molecule has 0 aliphatic carbocycles. The van der Waals surface area contributed by atoms with E-state index in [2.05, 4.69) is 6.07 Å². The van der Waals surface area contributed by atoms with E-state index in [1.165, 1.54) is 18.1 Å². The van der Waals surface area contributed by atoms with Crippen molar-refractivity contribution < 1.29 is 33.2 Å². The summed E-state index contributed by atoms with van der Waals surface area (Å²) in [4.78, 5) is 15.6. The molecule has 0 spiro atoms. The van der Waals surface area contributed by atoms with E-state index < -0.39 is 29.9 Å². The number of nitriles is 1. The SMILES string of the molecule is COc1ccc(CN(CC(O)C2OCC(CN(C)C(=O)OC(C)(C)C)CO2)c2ccc(C#N)cc2)cc1F. The fourth-order valence-corrected chi connectivity index (χ4v) is 4.04. The summed E-state index contributed by atoms with van der Waals surface area (Å²) in [6.07, 6.45) is -2.31. The number of halogens is 1. The number of carbonyl (C=O) groups is 1. The van der Waals surface area contributed by atoms with Gasteiger partial charge in [0, 0.05) is 38.3 Å². The molecule has 206 valence electrons. The lowest BCUT2D eigenvalue weighted by atomic mass is 10.1. The Kier molecular flexibility index (Phi) is 9.91. The number of aliphatic hydroxyl groups excluding tert-OH is 1. The monoisotopic (exact) mass is 529 g/mol. The molecule has 1 heterocycles. The predicted octanol–water partition coefficient (Wildman–Crippen LogP) is 3.93. The Morgan fingerprint density at radius 2 is 1.87 bits per heavy atom. The number of amides is 1. The third kappa shape index (κ3) is 8.31.